The van der Waals surface area contributed by atoms with E-state index in [9.17, 15) is 18.0 Å². The van der Waals surface area contributed by atoms with Gasteiger partial charge in [0.05, 0.1) is 18.0 Å². The number of halogens is 3. The minimum Gasteiger partial charge on any atom is -0.367 e. The number of hydrogen-bond donors (Lipinski definition) is 1. The summed E-state index contributed by atoms with van der Waals surface area (Å²) < 4.78 is 42.8. The molecule has 0 aliphatic carbocycles. The molecule has 1 aromatic heterocycles. The predicted molar refractivity (Wildman–Crippen MR) is 106 cm³/mol. The normalized spacial score (nSPS) is 11.5. The number of aromatic nitrogens is 2. The van der Waals surface area contributed by atoms with E-state index in [2.05, 4.69) is 15.2 Å². The van der Waals surface area contributed by atoms with E-state index in [0.717, 1.165) is 22.6 Å². The molecule has 0 bridgehead atoms. The summed E-state index contributed by atoms with van der Waals surface area (Å²) in [6.07, 6.45) is -4.36. The quantitative estimate of drug-likeness (QED) is 0.616. The maximum Gasteiger partial charge on any atom is 0.411 e. The third-order valence-corrected chi connectivity index (χ3v) is 4.62. The molecule has 0 spiro atoms. The van der Waals surface area contributed by atoms with Crippen molar-refractivity contribution in [3.63, 3.8) is 0 Å². The molecule has 3 aromatic rings. The van der Waals surface area contributed by atoms with Crippen LogP contribution in [0.2, 0.25) is 0 Å². The van der Waals surface area contributed by atoms with Crippen LogP contribution in [-0.2, 0) is 17.9 Å². The molecule has 0 unspecified atom stereocenters. The number of nitrogens with zero attached hydrogens (tertiary/aromatic N) is 2. The van der Waals surface area contributed by atoms with Crippen molar-refractivity contribution in [3.8, 4) is 5.69 Å². The van der Waals surface area contributed by atoms with Crippen molar-refractivity contribution < 1.29 is 22.7 Å². The van der Waals surface area contributed by atoms with E-state index in [1.807, 2.05) is 48.9 Å². The second-order valence-corrected chi connectivity index (χ2v) is 6.88. The standard InChI is InChI=1S/C22H22F3N3O2/c1-15-20(16(2)28(27-15)19-6-4-3-5-7-19)12-26-21(29)18-10-8-17(9-11-18)13-30-14-22(23,24)25/h3-11H,12-14H2,1-2H3,(H,26,29). The van der Waals surface area contributed by atoms with Gasteiger partial charge >= 0.3 is 6.18 Å². The number of ether oxygens (including phenoxy) is 1. The first-order valence-corrected chi connectivity index (χ1v) is 9.37. The fourth-order valence-electron chi connectivity index (χ4n) is 3.06. The van der Waals surface area contributed by atoms with Crippen LogP contribution < -0.4 is 5.32 Å². The van der Waals surface area contributed by atoms with Crippen molar-refractivity contribution in [2.24, 2.45) is 0 Å². The van der Waals surface area contributed by atoms with E-state index < -0.39 is 12.8 Å². The maximum atomic E-state index is 12.5. The van der Waals surface area contributed by atoms with Gasteiger partial charge < -0.3 is 10.1 Å². The van der Waals surface area contributed by atoms with Crippen LogP contribution >= 0.6 is 0 Å². The van der Waals surface area contributed by atoms with Crippen LogP contribution in [0.15, 0.2) is 54.6 Å². The van der Waals surface area contributed by atoms with E-state index in [-0.39, 0.29) is 12.5 Å². The predicted octanol–water partition coefficient (Wildman–Crippen LogP) is 4.50. The molecule has 1 heterocycles. The van der Waals surface area contributed by atoms with Crippen molar-refractivity contribution in [1.29, 1.82) is 0 Å². The van der Waals surface area contributed by atoms with E-state index in [0.29, 0.717) is 17.7 Å². The Bertz CT molecular complexity index is 997. The van der Waals surface area contributed by atoms with Gasteiger partial charge in [-0.05, 0) is 43.7 Å². The highest BCUT2D eigenvalue weighted by molar-refractivity contribution is 5.94. The zero-order valence-corrected chi connectivity index (χ0v) is 16.7. The number of aryl methyl sites for hydroxylation is 1. The van der Waals surface area contributed by atoms with Crippen molar-refractivity contribution in [2.45, 2.75) is 33.2 Å². The van der Waals surface area contributed by atoms with Gasteiger partial charge in [0.2, 0.25) is 0 Å². The molecule has 0 saturated heterocycles. The van der Waals surface area contributed by atoms with Crippen LogP contribution in [0.25, 0.3) is 5.69 Å². The first-order chi connectivity index (χ1) is 14.2. The number of rotatable bonds is 7. The molecule has 0 saturated carbocycles. The monoisotopic (exact) mass is 417 g/mol. The number of carbonyl (C=O) groups is 1. The van der Waals surface area contributed by atoms with E-state index >= 15 is 0 Å². The first kappa shape index (κ1) is 21.6. The molecule has 0 aliphatic heterocycles. The van der Waals surface area contributed by atoms with Gasteiger partial charge in [-0.2, -0.15) is 18.3 Å². The Hall–Kier alpha value is -3.13. The van der Waals surface area contributed by atoms with Crippen LogP contribution in [0, 0.1) is 13.8 Å². The van der Waals surface area contributed by atoms with Crippen molar-refractivity contribution in [3.05, 3.63) is 82.7 Å². The van der Waals surface area contributed by atoms with Crippen molar-refractivity contribution >= 4 is 5.91 Å². The molecule has 158 valence electrons. The van der Waals surface area contributed by atoms with Crippen LogP contribution in [0.4, 0.5) is 13.2 Å². The van der Waals surface area contributed by atoms with Crippen LogP contribution in [-0.4, -0.2) is 28.5 Å². The lowest BCUT2D eigenvalue weighted by atomic mass is 10.1. The van der Waals surface area contributed by atoms with E-state index in [4.69, 9.17) is 0 Å². The number of benzene rings is 2. The zero-order valence-electron chi connectivity index (χ0n) is 16.7. The Balaban J connectivity index is 1.60. The molecule has 1 N–H and O–H groups in total. The molecule has 3 rings (SSSR count). The van der Waals surface area contributed by atoms with Gasteiger partial charge in [0.15, 0.2) is 0 Å². The summed E-state index contributed by atoms with van der Waals surface area (Å²) in [6.45, 7) is 2.69. The Kier molecular flexibility index (Phi) is 6.56. The lowest BCUT2D eigenvalue weighted by Crippen LogP contribution is -2.23. The second kappa shape index (κ2) is 9.13. The number of nitrogens with one attached hydrogen (secondary N) is 1. The average molecular weight is 417 g/mol. The Morgan fingerprint density at radius 1 is 1.07 bits per heavy atom. The van der Waals surface area contributed by atoms with Gasteiger partial charge in [0, 0.05) is 23.4 Å². The first-order valence-electron chi connectivity index (χ1n) is 9.37. The number of hydrogen-bond acceptors (Lipinski definition) is 3. The molecule has 5 nitrogen and oxygen atoms in total. The molecule has 0 radical (unpaired) electrons. The minimum absolute atomic E-state index is 0.168. The Morgan fingerprint density at radius 2 is 1.73 bits per heavy atom. The highest BCUT2D eigenvalue weighted by Gasteiger charge is 2.27. The van der Waals surface area contributed by atoms with Gasteiger partial charge in [0.1, 0.15) is 6.61 Å². The molecule has 1 amide bonds. The third-order valence-electron chi connectivity index (χ3n) is 4.62. The summed E-state index contributed by atoms with van der Waals surface area (Å²) in [5.41, 5.74) is 4.63. The number of para-hydroxylation sites is 1. The Labute approximate surface area is 172 Å². The summed E-state index contributed by atoms with van der Waals surface area (Å²) in [5.74, 6) is -0.274. The minimum atomic E-state index is -4.36. The van der Waals surface area contributed by atoms with Gasteiger partial charge in [-0.1, -0.05) is 30.3 Å². The Morgan fingerprint density at radius 3 is 2.37 bits per heavy atom. The molecular formula is C22H22F3N3O2. The number of alkyl halides is 3. The van der Waals surface area contributed by atoms with E-state index in [1.165, 1.54) is 0 Å². The van der Waals surface area contributed by atoms with Gasteiger partial charge in [0.25, 0.3) is 5.91 Å². The molecule has 2 aromatic carbocycles. The molecule has 0 fully saturated rings. The number of amides is 1. The largest absolute Gasteiger partial charge is 0.411 e. The highest BCUT2D eigenvalue weighted by atomic mass is 19.4. The second-order valence-electron chi connectivity index (χ2n) is 6.88. The summed E-state index contributed by atoms with van der Waals surface area (Å²) in [4.78, 5) is 12.5. The third kappa shape index (κ3) is 5.48. The average Bonchev–Trinajstić information content (AvgIpc) is 3.00. The summed E-state index contributed by atoms with van der Waals surface area (Å²) in [7, 11) is 0. The van der Waals surface area contributed by atoms with Gasteiger partial charge in [-0.3, -0.25) is 4.79 Å². The van der Waals surface area contributed by atoms with Gasteiger partial charge in [-0.15, -0.1) is 0 Å². The fraction of sp³-hybridized carbons (Fsp3) is 0.273. The van der Waals surface area contributed by atoms with Gasteiger partial charge in [-0.25, -0.2) is 4.68 Å². The molecule has 0 atom stereocenters. The smallest absolute Gasteiger partial charge is 0.367 e. The fourth-order valence-corrected chi connectivity index (χ4v) is 3.06. The van der Waals surface area contributed by atoms with Crippen molar-refractivity contribution in [2.75, 3.05) is 6.61 Å². The summed E-state index contributed by atoms with van der Waals surface area (Å²) >= 11 is 0. The summed E-state index contributed by atoms with van der Waals surface area (Å²) in [6, 6.07) is 16.0. The van der Waals surface area contributed by atoms with Crippen LogP contribution in [0.1, 0.15) is 32.9 Å². The van der Waals surface area contributed by atoms with Crippen molar-refractivity contribution in [1.82, 2.24) is 15.1 Å². The topological polar surface area (TPSA) is 56.2 Å². The SMILES string of the molecule is Cc1nn(-c2ccccc2)c(C)c1CNC(=O)c1ccc(COCC(F)(F)F)cc1. The highest BCUT2D eigenvalue weighted by Crippen LogP contribution is 2.18. The number of carbonyl (C=O) groups excluding carboxylic acids is 1. The zero-order chi connectivity index (χ0) is 21.7. The molecule has 30 heavy (non-hydrogen) atoms. The van der Waals surface area contributed by atoms with E-state index in [1.54, 1.807) is 24.3 Å². The summed E-state index contributed by atoms with van der Waals surface area (Å²) in [5, 5.41) is 7.43. The molecule has 0 aliphatic rings. The van der Waals surface area contributed by atoms with Crippen LogP contribution in [0.5, 0.6) is 0 Å². The lowest BCUT2D eigenvalue weighted by Gasteiger charge is -2.09. The maximum absolute atomic E-state index is 12.5. The molecular weight excluding hydrogens is 395 g/mol. The molecule has 8 heteroatoms. The lowest BCUT2D eigenvalue weighted by molar-refractivity contribution is -0.176. The van der Waals surface area contributed by atoms with Crippen LogP contribution in [0.3, 0.4) is 0 Å².